The highest BCUT2D eigenvalue weighted by Crippen LogP contribution is 2.44. The largest absolute Gasteiger partial charge is 0.103 e. The second-order valence-corrected chi connectivity index (χ2v) is 10.4. The summed E-state index contributed by atoms with van der Waals surface area (Å²) in [6.07, 6.45) is 18.1. The fraction of sp³-hybridized carbons (Fsp3) is 0.812. The molecule has 6 unspecified atom stereocenters. The first-order valence-electron chi connectivity index (χ1n) is 14.2. The van der Waals surface area contributed by atoms with Gasteiger partial charge in [0.1, 0.15) is 0 Å². The van der Waals surface area contributed by atoms with Gasteiger partial charge in [0, 0.05) is 0 Å². The van der Waals surface area contributed by atoms with Crippen LogP contribution in [0.5, 0.6) is 0 Å². The van der Waals surface area contributed by atoms with Crippen LogP contribution in [0.4, 0.5) is 0 Å². The average Bonchev–Trinajstić information content (AvgIpc) is 2.80. The maximum atomic E-state index is 3.83. The monoisotopic (exact) mass is 446 g/mol. The zero-order valence-electron chi connectivity index (χ0n) is 24.1. The molecule has 0 nitrogen and oxygen atoms in total. The van der Waals surface area contributed by atoms with Crippen molar-refractivity contribution in [1.82, 2.24) is 0 Å². The molecule has 0 saturated heterocycles. The van der Waals surface area contributed by atoms with E-state index in [1.807, 2.05) is 25.5 Å². The zero-order chi connectivity index (χ0) is 25.1. The van der Waals surface area contributed by atoms with Crippen molar-refractivity contribution in [2.75, 3.05) is 0 Å². The standard InChI is InChI=1S/C13H22.C10H20.C7H14.C2H6/c1-3-12-10(2)8-9-11-6-4-5-7-13(11)12;1-5-7-10(4)8-9(3)6-2;1-5-7(4)6(2)3;1-2/h6,10,12-13H,3-5,7-9H2,1-2H3;5,9-10H,1,6-8H2,2-4H3;7H,2,5H2,1,3-4H3;1-2H3. The molecule has 0 spiro atoms. The average molecular weight is 447 g/mol. The van der Waals surface area contributed by atoms with E-state index in [4.69, 9.17) is 0 Å². The van der Waals surface area contributed by atoms with Crippen LogP contribution in [0.15, 0.2) is 36.5 Å². The molecule has 0 heteroatoms. The molecular weight excluding hydrogens is 384 g/mol. The summed E-state index contributed by atoms with van der Waals surface area (Å²) < 4.78 is 0. The minimum absolute atomic E-state index is 0.708. The highest BCUT2D eigenvalue weighted by Gasteiger charge is 2.33. The molecule has 2 aliphatic rings. The van der Waals surface area contributed by atoms with Crippen LogP contribution >= 0.6 is 0 Å². The summed E-state index contributed by atoms with van der Waals surface area (Å²) in [4.78, 5) is 0. The number of allylic oxidation sites excluding steroid dienone is 4. The maximum Gasteiger partial charge on any atom is -0.0172 e. The number of fused-ring (bicyclic) bond motifs is 1. The van der Waals surface area contributed by atoms with Crippen LogP contribution in [-0.4, -0.2) is 0 Å². The summed E-state index contributed by atoms with van der Waals surface area (Å²) in [5.41, 5.74) is 3.11. The van der Waals surface area contributed by atoms with E-state index in [9.17, 15) is 0 Å². The van der Waals surface area contributed by atoms with E-state index in [0.717, 1.165) is 29.6 Å². The van der Waals surface area contributed by atoms with Crippen LogP contribution in [0.25, 0.3) is 0 Å². The molecule has 0 bridgehead atoms. The van der Waals surface area contributed by atoms with E-state index in [-0.39, 0.29) is 0 Å². The fourth-order valence-electron chi connectivity index (χ4n) is 5.01. The summed E-state index contributed by atoms with van der Waals surface area (Å²) in [5.74, 6) is 5.37. The SMILES string of the molecule is C=C(C)C(C)CC.C=CCC(C)CC(C)CC.CC.CCC1C(C)CCC2=CCCCC21. The molecule has 2 aliphatic carbocycles. The topological polar surface area (TPSA) is 0 Å². The van der Waals surface area contributed by atoms with Crippen LogP contribution in [0.2, 0.25) is 0 Å². The van der Waals surface area contributed by atoms with Gasteiger partial charge in [0.05, 0.1) is 0 Å². The molecule has 0 aromatic heterocycles. The van der Waals surface area contributed by atoms with Gasteiger partial charge in [-0.3, -0.25) is 0 Å². The first-order valence-corrected chi connectivity index (χ1v) is 14.2. The van der Waals surface area contributed by atoms with Gasteiger partial charge in [-0.05, 0) is 93.8 Å². The Kier molecular flexibility index (Phi) is 21.7. The lowest BCUT2D eigenvalue weighted by Crippen LogP contribution is -2.29. The molecule has 0 aliphatic heterocycles. The Labute approximate surface area is 205 Å². The quantitative estimate of drug-likeness (QED) is 0.325. The summed E-state index contributed by atoms with van der Waals surface area (Å²) in [5, 5.41) is 0. The summed E-state index contributed by atoms with van der Waals surface area (Å²) >= 11 is 0. The molecule has 0 N–H and O–H groups in total. The van der Waals surface area contributed by atoms with Gasteiger partial charge in [-0.15, -0.1) is 6.58 Å². The third-order valence-corrected chi connectivity index (χ3v) is 7.73. The predicted molar refractivity (Wildman–Crippen MR) is 151 cm³/mol. The van der Waals surface area contributed by atoms with Crippen molar-refractivity contribution in [2.45, 2.75) is 133 Å². The van der Waals surface area contributed by atoms with Gasteiger partial charge >= 0.3 is 0 Å². The summed E-state index contributed by atoms with van der Waals surface area (Å²) in [6, 6.07) is 0. The van der Waals surface area contributed by atoms with Crippen LogP contribution in [0.1, 0.15) is 133 Å². The molecule has 2 rings (SSSR count). The minimum atomic E-state index is 0.708. The van der Waals surface area contributed by atoms with Gasteiger partial charge in [0.15, 0.2) is 0 Å². The Morgan fingerprint density at radius 2 is 1.69 bits per heavy atom. The first kappa shape index (κ1) is 33.4. The molecule has 0 heterocycles. The van der Waals surface area contributed by atoms with Crippen molar-refractivity contribution in [3.8, 4) is 0 Å². The van der Waals surface area contributed by atoms with Gasteiger partial charge in [0.2, 0.25) is 0 Å². The molecule has 1 fully saturated rings. The van der Waals surface area contributed by atoms with Gasteiger partial charge in [-0.25, -0.2) is 0 Å². The van der Waals surface area contributed by atoms with Gasteiger partial charge in [-0.1, -0.05) is 105 Å². The third-order valence-electron chi connectivity index (χ3n) is 7.73. The lowest BCUT2D eigenvalue weighted by molar-refractivity contribution is 0.192. The van der Waals surface area contributed by atoms with Crippen LogP contribution in [0.3, 0.4) is 0 Å². The molecule has 190 valence electrons. The van der Waals surface area contributed by atoms with Crippen LogP contribution in [-0.2, 0) is 0 Å². The molecule has 6 atom stereocenters. The van der Waals surface area contributed by atoms with Crippen LogP contribution in [0, 0.1) is 35.5 Å². The normalized spacial score (nSPS) is 24.3. The molecular formula is C32H62. The van der Waals surface area contributed by atoms with Gasteiger partial charge in [-0.2, -0.15) is 0 Å². The van der Waals surface area contributed by atoms with Crippen LogP contribution < -0.4 is 0 Å². The Morgan fingerprint density at radius 3 is 2.12 bits per heavy atom. The highest BCUT2D eigenvalue weighted by atomic mass is 14.4. The summed E-state index contributed by atoms with van der Waals surface area (Å²) in [6.45, 7) is 29.7. The lowest BCUT2D eigenvalue weighted by atomic mass is 9.65. The van der Waals surface area contributed by atoms with E-state index < -0.39 is 0 Å². The molecule has 32 heavy (non-hydrogen) atoms. The molecule has 0 aromatic rings. The molecule has 1 saturated carbocycles. The second-order valence-electron chi connectivity index (χ2n) is 10.4. The zero-order valence-corrected chi connectivity index (χ0v) is 24.1. The van der Waals surface area contributed by atoms with E-state index in [1.54, 1.807) is 0 Å². The Morgan fingerprint density at radius 1 is 1.06 bits per heavy atom. The summed E-state index contributed by atoms with van der Waals surface area (Å²) in [7, 11) is 0. The number of hydrogen-bond acceptors (Lipinski definition) is 0. The Hall–Kier alpha value is -0.780. The lowest BCUT2D eigenvalue weighted by Gasteiger charge is -2.40. The predicted octanol–water partition coefficient (Wildman–Crippen LogP) is 11.4. The van der Waals surface area contributed by atoms with Crippen molar-refractivity contribution >= 4 is 0 Å². The van der Waals surface area contributed by atoms with E-state index in [1.165, 1.54) is 69.8 Å². The number of hydrogen-bond donors (Lipinski definition) is 0. The molecule has 0 amide bonds. The minimum Gasteiger partial charge on any atom is -0.103 e. The first-order chi connectivity index (χ1) is 15.2. The van der Waals surface area contributed by atoms with Crippen molar-refractivity contribution < 1.29 is 0 Å². The van der Waals surface area contributed by atoms with Gasteiger partial charge < -0.3 is 0 Å². The molecule has 0 radical (unpaired) electrons. The Bertz CT molecular complexity index is 482. The fourth-order valence-corrected chi connectivity index (χ4v) is 5.01. The Balaban J connectivity index is 0. The van der Waals surface area contributed by atoms with E-state index >= 15 is 0 Å². The smallest absolute Gasteiger partial charge is 0.0172 e. The van der Waals surface area contributed by atoms with Crippen molar-refractivity contribution in [3.63, 3.8) is 0 Å². The number of rotatable bonds is 8. The maximum absolute atomic E-state index is 3.83. The third kappa shape index (κ3) is 14.4. The second kappa shape index (κ2) is 20.8. The molecule has 0 aromatic carbocycles. The van der Waals surface area contributed by atoms with Crippen molar-refractivity contribution in [3.05, 3.63) is 36.5 Å². The van der Waals surface area contributed by atoms with Crippen molar-refractivity contribution in [1.29, 1.82) is 0 Å². The van der Waals surface area contributed by atoms with E-state index in [0.29, 0.717) is 5.92 Å². The van der Waals surface area contributed by atoms with Crippen molar-refractivity contribution in [2.24, 2.45) is 35.5 Å². The van der Waals surface area contributed by atoms with E-state index in [2.05, 4.69) is 74.6 Å². The van der Waals surface area contributed by atoms with Gasteiger partial charge in [0.25, 0.3) is 0 Å². The highest BCUT2D eigenvalue weighted by molar-refractivity contribution is 5.14.